The maximum absolute atomic E-state index is 12.2. The van der Waals surface area contributed by atoms with Gasteiger partial charge in [0.05, 0.1) is 5.56 Å². The SMILES string of the molecule is O=C(O)c1ccc(NC(=O)C2CC3CCC2C3)cc1. The molecule has 3 unspecified atom stereocenters. The molecule has 2 saturated carbocycles. The second-order valence-corrected chi connectivity index (χ2v) is 5.65. The lowest BCUT2D eigenvalue weighted by atomic mass is 9.88. The van der Waals surface area contributed by atoms with Gasteiger partial charge in [0.15, 0.2) is 0 Å². The lowest BCUT2D eigenvalue weighted by Gasteiger charge is -2.20. The zero-order valence-corrected chi connectivity index (χ0v) is 10.6. The Balaban J connectivity index is 1.64. The molecule has 0 saturated heterocycles. The van der Waals surface area contributed by atoms with E-state index in [4.69, 9.17) is 5.11 Å². The number of hydrogen-bond donors (Lipinski definition) is 2. The van der Waals surface area contributed by atoms with Crippen LogP contribution in [0, 0.1) is 17.8 Å². The molecule has 4 nitrogen and oxygen atoms in total. The summed E-state index contributed by atoms with van der Waals surface area (Å²) >= 11 is 0. The largest absolute Gasteiger partial charge is 0.478 e. The highest BCUT2D eigenvalue weighted by molar-refractivity contribution is 5.94. The Morgan fingerprint density at radius 1 is 1.11 bits per heavy atom. The van der Waals surface area contributed by atoms with E-state index in [-0.39, 0.29) is 17.4 Å². The van der Waals surface area contributed by atoms with E-state index in [1.807, 2.05) is 0 Å². The van der Waals surface area contributed by atoms with Crippen LogP contribution in [0.2, 0.25) is 0 Å². The normalized spacial score (nSPS) is 28.3. The fourth-order valence-electron chi connectivity index (χ4n) is 3.50. The van der Waals surface area contributed by atoms with Gasteiger partial charge in [-0.05, 0) is 55.4 Å². The average molecular weight is 259 g/mol. The quantitative estimate of drug-likeness (QED) is 0.877. The highest BCUT2D eigenvalue weighted by atomic mass is 16.4. The van der Waals surface area contributed by atoms with E-state index in [1.54, 1.807) is 12.1 Å². The summed E-state index contributed by atoms with van der Waals surface area (Å²) in [7, 11) is 0. The first-order chi connectivity index (χ1) is 9.13. The first kappa shape index (κ1) is 12.2. The molecule has 0 heterocycles. The highest BCUT2D eigenvalue weighted by Crippen LogP contribution is 2.48. The van der Waals surface area contributed by atoms with Gasteiger partial charge in [0.2, 0.25) is 5.91 Å². The topological polar surface area (TPSA) is 66.4 Å². The molecule has 2 N–H and O–H groups in total. The van der Waals surface area contributed by atoms with Crippen molar-refractivity contribution in [3.63, 3.8) is 0 Å². The molecule has 2 aliphatic rings. The molecule has 2 fully saturated rings. The Morgan fingerprint density at radius 2 is 1.84 bits per heavy atom. The number of nitrogens with one attached hydrogen (secondary N) is 1. The van der Waals surface area contributed by atoms with E-state index < -0.39 is 5.97 Å². The second-order valence-electron chi connectivity index (χ2n) is 5.65. The van der Waals surface area contributed by atoms with Crippen molar-refractivity contribution in [1.82, 2.24) is 0 Å². The van der Waals surface area contributed by atoms with Crippen molar-refractivity contribution in [2.45, 2.75) is 25.7 Å². The molecular weight excluding hydrogens is 242 g/mol. The number of carbonyl (C=O) groups excluding carboxylic acids is 1. The van der Waals surface area contributed by atoms with Gasteiger partial charge in [-0.25, -0.2) is 4.79 Å². The number of benzene rings is 1. The molecule has 0 aromatic heterocycles. The molecule has 1 aromatic rings. The van der Waals surface area contributed by atoms with Crippen molar-refractivity contribution in [2.24, 2.45) is 17.8 Å². The molecule has 19 heavy (non-hydrogen) atoms. The molecular formula is C15H17NO3. The molecule has 100 valence electrons. The van der Waals surface area contributed by atoms with E-state index in [9.17, 15) is 9.59 Å². The molecule has 2 aliphatic carbocycles. The number of aromatic carboxylic acids is 1. The van der Waals surface area contributed by atoms with Crippen molar-refractivity contribution in [3.05, 3.63) is 29.8 Å². The molecule has 4 heteroatoms. The van der Waals surface area contributed by atoms with Gasteiger partial charge in [0.1, 0.15) is 0 Å². The maximum Gasteiger partial charge on any atom is 0.335 e. The van der Waals surface area contributed by atoms with Gasteiger partial charge in [0, 0.05) is 11.6 Å². The van der Waals surface area contributed by atoms with Crippen LogP contribution in [0.4, 0.5) is 5.69 Å². The fraction of sp³-hybridized carbons (Fsp3) is 0.467. The van der Waals surface area contributed by atoms with Crippen LogP contribution in [0.25, 0.3) is 0 Å². The lowest BCUT2D eigenvalue weighted by molar-refractivity contribution is -0.121. The predicted molar refractivity (Wildman–Crippen MR) is 71.0 cm³/mol. The third kappa shape index (κ3) is 2.35. The Morgan fingerprint density at radius 3 is 2.37 bits per heavy atom. The molecule has 1 aromatic carbocycles. The number of anilines is 1. The van der Waals surface area contributed by atoms with Crippen molar-refractivity contribution >= 4 is 17.6 Å². The summed E-state index contributed by atoms with van der Waals surface area (Å²) < 4.78 is 0. The standard InChI is InChI=1S/C15H17NO3/c17-14(13-8-9-1-2-11(13)7-9)16-12-5-3-10(4-6-12)15(18)19/h3-6,9,11,13H,1-2,7-8H2,(H,16,17)(H,18,19). The first-order valence-corrected chi connectivity index (χ1v) is 6.77. The maximum atomic E-state index is 12.2. The summed E-state index contributed by atoms with van der Waals surface area (Å²) in [5.41, 5.74) is 0.913. The van der Waals surface area contributed by atoms with Crippen LogP contribution in [0.3, 0.4) is 0 Å². The summed E-state index contributed by atoms with van der Waals surface area (Å²) in [6, 6.07) is 6.32. The highest BCUT2D eigenvalue weighted by Gasteiger charge is 2.42. The Labute approximate surface area is 111 Å². The van der Waals surface area contributed by atoms with Gasteiger partial charge in [-0.2, -0.15) is 0 Å². The second kappa shape index (κ2) is 4.68. The molecule has 3 atom stereocenters. The summed E-state index contributed by atoms with van der Waals surface area (Å²) in [5, 5.41) is 11.7. The van der Waals surface area contributed by atoms with Crippen LogP contribution >= 0.6 is 0 Å². The van der Waals surface area contributed by atoms with E-state index in [0.717, 1.165) is 12.3 Å². The average Bonchev–Trinajstić information content (AvgIpc) is 3.01. The van der Waals surface area contributed by atoms with Crippen LogP contribution in [0.15, 0.2) is 24.3 Å². The molecule has 1 amide bonds. The Bertz CT molecular complexity index is 509. The third-order valence-corrected chi connectivity index (χ3v) is 4.47. The Hall–Kier alpha value is -1.84. The zero-order valence-electron chi connectivity index (χ0n) is 10.6. The Kier molecular flexibility index (Phi) is 3.01. The molecule has 0 spiro atoms. The van der Waals surface area contributed by atoms with Crippen molar-refractivity contribution in [3.8, 4) is 0 Å². The number of fused-ring (bicyclic) bond motifs is 2. The van der Waals surface area contributed by atoms with Crippen LogP contribution in [-0.4, -0.2) is 17.0 Å². The van der Waals surface area contributed by atoms with Crippen LogP contribution in [0.1, 0.15) is 36.0 Å². The van der Waals surface area contributed by atoms with E-state index in [0.29, 0.717) is 11.6 Å². The predicted octanol–water partition coefficient (Wildman–Crippen LogP) is 2.76. The molecule has 0 radical (unpaired) electrons. The van der Waals surface area contributed by atoms with Gasteiger partial charge in [0.25, 0.3) is 0 Å². The van der Waals surface area contributed by atoms with Crippen LogP contribution < -0.4 is 5.32 Å². The van der Waals surface area contributed by atoms with Gasteiger partial charge < -0.3 is 10.4 Å². The van der Waals surface area contributed by atoms with Crippen molar-refractivity contribution in [1.29, 1.82) is 0 Å². The minimum atomic E-state index is -0.953. The summed E-state index contributed by atoms with van der Waals surface area (Å²) in [4.78, 5) is 22.9. The summed E-state index contributed by atoms with van der Waals surface area (Å²) in [6.07, 6.45) is 4.68. The molecule has 3 rings (SSSR count). The van der Waals surface area contributed by atoms with Crippen molar-refractivity contribution in [2.75, 3.05) is 5.32 Å². The van der Waals surface area contributed by atoms with Gasteiger partial charge in [-0.1, -0.05) is 6.42 Å². The van der Waals surface area contributed by atoms with E-state index >= 15 is 0 Å². The van der Waals surface area contributed by atoms with Crippen LogP contribution in [-0.2, 0) is 4.79 Å². The lowest BCUT2D eigenvalue weighted by Crippen LogP contribution is -2.27. The number of carboxylic acids is 1. The van der Waals surface area contributed by atoms with Gasteiger partial charge in [-0.15, -0.1) is 0 Å². The zero-order chi connectivity index (χ0) is 13.4. The smallest absolute Gasteiger partial charge is 0.335 e. The summed E-state index contributed by atoms with van der Waals surface area (Å²) in [5.74, 6) is 0.595. The van der Waals surface area contributed by atoms with E-state index in [1.165, 1.54) is 31.4 Å². The monoisotopic (exact) mass is 259 g/mol. The van der Waals surface area contributed by atoms with Gasteiger partial charge >= 0.3 is 5.97 Å². The number of amides is 1. The third-order valence-electron chi connectivity index (χ3n) is 4.47. The van der Waals surface area contributed by atoms with Crippen molar-refractivity contribution < 1.29 is 14.7 Å². The van der Waals surface area contributed by atoms with Gasteiger partial charge in [-0.3, -0.25) is 4.79 Å². The molecule has 2 bridgehead atoms. The van der Waals surface area contributed by atoms with Crippen LogP contribution in [0.5, 0.6) is 0 Å². The minimum Gasteiger partial charge on any atom is -0.478 e. The summed E-state index contributed by atoms with van der Waals surface area (Å²) in [6.45, 7) is 0. The first-order valence-electron chi connectivity index (χ1n) is 6.77. The van der Waals surface area contributed by atoms with E-state index in [2.05, 4.69) is 5.32 Å². The number of rotatable bonds is 3. The number of carboxylic acid groups (broad SMARTS) is 1. The number of hydrogen-bond acceptors (Lipinski definition) is 2. The fourth-order valence-corrected chi connectivity index (χ4v) is 3.50. The number of carbonyl (C=O) groups is 2. The molecule has 0 aliphatic heterocycles. The minimum absolute atomic E-state index is 0.0928.